The van der Waals surface area contributed by atoms with Crippen LogP contribution in [0.2, 0.25) is 0 Å². The molecule has 0 unspecified atom stereocenters. The maximum absolute atomic E-state index is 13.4. The summed E-state index contributed by atoms with van der Waals surface area (Å²) in [5.74, 6) is -0.211. The summed E-state index contributed by atoms with van der Waals surface area (Å²) < 4.78 is 50.3. The summed E-state index contributed by atoms with van der Waals surface area (Å²) in [4.78, 5) is 0. The average Bonchev–Trinajstić information content (AvgIpc) is 2.71. The van der Waals surface area contributed by atoms with Crippen LogP contribution in [0.3, 0.4) is 0 Å². The van der Waals surface area contributed by atoms with Crippen molar-refractivity contribution in [2.24, 2.45) is 0 Å². The second kappa shape index (κ2) is 4.62. The Morgan fingerprint density at radius 2 is 1.68 bits per heavy atom. The molecule has 0 radical (unpaired) electrons. The van der Waals surface area contributed by atoms with Crippen LogP contribution in [-0.4, -0.2) is 6.79 Å². The van der Waals surface area contributed by atoms with Gasteiger partial charge in [0.25, 0.3) is 0 Å². The molecule has 0 aliphatic carbocycles. The molecule has 0 saturated carbocycles. The van der Waals surface area contributed by atoms with Gasteiger partial charge in [0.15, 0.2) is 11.5 Å². The highest BCUT2D eigenvalue weighted by Gasteiger charge is 2.42. The van der Waals surface area contributed by atoms with Crippen molar-refractivity contribution in [1.29, 1.82) is 0 Å². The van der Waals surface area contributed by atoms with E-state index in [2.05, 4.69) is 0 Å². The van der Waals surface area contributed by atoms with Gasteiger partial charge in [-0.05, 0) is 29.0 Å². The van der Waals surface area contributed by atoms with Crippen molar-refractivity contribution >= 4 is 0 Å². The van der Waals surface area contributed by atoms with Gasteiger partial charge in [0, 0.05) is 0 Å². The summed E-state index contributed by atoms with van der Waals surface area (Å²) in [5.41, 5.74) is 0.305. The van der Waals surface area contributed by atoms with Crippen LogP contribution in [0, 0.1) is 0 Å². The molecule has 2 rings (SSSR count). The minimum atomic E-state index is -4.44. The van der Waals surface area contributed by atoms with E-state index in [-0.39, 0.29) is 30.1 Å². The molecule has 0 atom stereocenters. The minimum absolute atomic E-state index is 0.00648. The first-order valence-corrected chi connectivity index (χ1v) is 6.27. The van der Waals surface area contributed by atoms with Crippen LogP contribution in [0.25, 0.3) is 0 Å². The highest BCUT2D eigenvalue weighted by molar-refractivity contribution is 5.58. The Morgan fingerprint density at radius 3 is 2.16 bits per heavy atom. The summed E-state index contributed by atoms with van der Waals surface area (Å²) in [7, 11) is 0. The molecule has 2 nitrogen and oxygen atoms in total. The van der Waals surface area contributed by atoms with Crippen molar-refractivity contribution in [3.05, 3.63) is 22.8 Å². The summed E-state index contributed by atoms with van der Waals surface area (Å²) in [5, 5.41) is 0. The quantitative estimate of drug-likeness (QED) is 0.779. The van der Waals surface area contributed by atoms with Gasteiger partial charge in [-0.3, -0.25) is 0 Å². The molecule has 0 bridgehead atoms. The smallest absolute Gasteiger partial charge is 0.420 e. The third-order valence-electron chi connectivity index (χ3n) is 3.22. The van der Waals surface area contributed by atoms with Gasteiger partial charge >= 0.3 is 6.18 Å². The van der Waals surface area contributed by atoms with E-state index in [1.807, 2.05) is 13.8 Å². The van der Waals surface area contributed by atoms with Crippen LogP contribution in [0.5, 0.6) is 11.5 Å². The highest BCUT2D eigenvalue weighted by Crippen LogP contribution is 2.50. The van der Waals surface area contributed by atoms with Crippen molar-refractivity contribution < 1.29 is 22.6 Å². The number of rotatable bonds is 2. The lowest BCUT2D eigenvalue weighted by atomic mass is 9.85. The summed E-state index contributed by atoms with van der Waals surface area (Å²) in [6.07, 6.45) is -4.44. The number of hydrogen-bond donors (Lipinski definition) is 0. The van der Waals surface area contributed by atoms with E-state index < -0.39 is 11.7 Å². The van der Waals surface area contributed by atoms with E-state index >= 15 is 0 Å². The van der Waals surface area contributed by atoms with Crippen molar-refractivity contribution in [1.82, 2.24) is 0 Å². The molecule has 1 aliphatic rings. The molecule has 1 aromatic carbocycles. The molecule has 0 spiro atoms. The third-order valence-corrected chi connectivity index (χ3v) is 3.22. The first kappa shape index (κ1) is 14.0. The van der Waals surface area contributed by atoms with Gasteiger partial charge in [-0.2, -0.15) is 13.2 Å². The number of ether oxygens (including phenoxy) is 2. The molecule has 106 valence electrons. The van der Waals surface area contributed by atoms with Crippen molar-refractivity contribution in [2.45, 2.75) is 45.7 Å². The molecule has 1 heterocycles. The summed E-state index contributed by atoms with van der Waals surface area (Å²) in [6, 6.07) is 1.68. The minimum Gasteiger partial charge on any atom is -0.454 e. The van der Waals surface area contributed by atoms with E-state index in [1.54, 1.807) is 19.9 Å². The van der Waals surface area contributed by atoms with Crippen molar-refractivity contribution in [3.8, 4) is 11.5 Å². The van der Waals surface area contributed by atoms with Gasteiger partial charge in [0.2, 0.25) is 6.79 Å². The zero-order valence-corrected chi connectivity index (χ0v) is 11.4. The van der Waals surface area contributed by atoms with Crippen molar-refractivity contribution in [2.75, 3.05) is 6.79 Å². The lowest BCUT2D eigenvalue weighted by Gasteiger charge is -2.23. The van der Waals surface area contributed by atoms with E-state index in [0.29, 0.717) is 11.1 Å². The molecule has 19 heavy (non-hydrogen) atoms. The predicted molar refractivity (Wildman–Crippen MR) is 65.7 cm³/mol. The molecule has 0 amide bonds. The first-order chi connectivity index (χ1) is 8.73. The average molecular weight is 274 g/mol. The van der Waals surface area contributed by atoms with Gasteiger partial charge in [-0.1, -0.05) is 27.7 Å². The zero-order valence-electron chi connectivity index (χ0n) is 11.4. The van der Waals surface area contributed by atoms with E-state index in [1.165, 1.54) is 0 Å². The summed E-state index contributed by atoms with van der Waals surface area (Å²) >= 11 is 0. The number of halogens is 3. The SMILES string of the molecule is CC(C)c1cc2c(c(C(F)(F)F)c1C(C)C)OCO2. The van der Waals surface area contributed by atoms with Gasteiger partial charge in [-0.15, -0.1) is 0 Å². The Bertz CT molecular complexity index is 490. The number of fused-ring (bicyclic) bond motifs is 1. The van der Waals surface area contributed by atoms with Gasteiger partial charge in [0.1, 0.15) is 5.56 Å². The standard InChI is InChI=1S/C14H17F3O2/c1-7(2)9-5-10-13(19-6-18-10)12(14(15,16)17)11(9)8(3)4/h5,7-8H,6H2,1-4H3. The van der Waals surface area contributed by atoms with Gasteiger partial charge in [-0.25, -0.2) is 0 Å². The van der Waals surface area contributed by atoms with E-state index in [0.717, 1.165) is 0 Å². The highest BCUT2D eigenvalue weighted by atomic mass is 19.4. The molecular formula is C14H17F3O2. The normalized spacial score (nSPS) is 14.6. The topological polar surface area (TPSA) is 18.5 Å². The number of alkyl halides is 3. The second-order valence-electron chi connectivity index (χ2n) is 5.30. The van der Waals surface area contributed by atoms with Crippen LogP contribution in [0.1, 0.15) is 56.2 Å². The molecular weight excluding hydrogens is 257 g/mol. The first-order valence-electron chi connectivity index (χ1n) is 6.27. The van der Waals surface area contributed by atoms with Crippen molar-refractivity contribution in [3.63, 3.8) is 0 Å². The Balaban J connectivity index is 2.80. The molecule has 0 N–H and O–H groups in total. The fourth-order valence-corrected chi connectivity index (χ4v) is 2.46. The van der Waals surface area contributed by atoms with E-state index in [9.17, 15) is 13.2 Å². The molecule has 1 aromatic rings. The largest absolute Gasteiger partial charge is 0.454 e. The maximum Gasteiger partial charge on any atom is 0.420 e. The molecule has 0 fully saturated rings. The molecule has 1 aliphatic heterocycles. The van der Waals surface area contributed by atoms with Crippen LogP contribution >= 0.6 is 0 Å². The molecule has 5 heteroatoms. The molecule has 0 aromatic heterocycles. The van der Waals surface area contributed by atoms with Crippen LogP contribution in [0.15, 0.2) is 6.07 Å². The monoisotopic (exact) mass is 274 g/mol. The van der Waals surface area contributed by atoms with Crippen LogP contribution < -0.4 is 9.47 Å². The second-order valence-corrected chi connectivity index (χ2v) is 5.30. The molecule has 0 saturated heterocycles. The Kier molecular flexibility index (Phi) is 3.41. The van der Waals surface area contributed by atoms with Gasteiger partial charge < -0.3 is 9.47 Å². The Hall–Kier alpha value is -1.39. The van der Waals surface area contributed by atoms with Gasteiger partial charge in [0.05, 0.1) is 0 Å². The zero-order chi connectivity index (χ0) is 14.4. The summed E-state index contributed by atoms with van der Waals surface area (Å²) in [6.45, 7) is 7.13. The number of benzene rings is 1. The Labute approximate surface area is 110 Å². The van der Waals surface area contributed by atoms with E-state index in [4.69, 9.17) is 9.47 Å². The fourth-order valence-electron chi connectivity index (χ4n) is 2.46. The van der Waals surface area contributed by atoms with Crippen LogP contribution in [0.4, 0.5) is 13.2 Å². The number of hydrogen-bond acceptors (Lipinski definition) is 2. The third kappa shape index (κ3) is 2.38. The fraction of sp³-hybridized carbons (Fsp3) is 0.571. The predicted octanol–water partition coefficient (Wildman–Crippen LogP) is 4.68. The Morgan fingerprint density at radius 1 is 1.05 bits per heavy atom. The lowest BCUT2D eigenvalue weighted by Crippen LogP contribution is -2.14. The van der Waals surface area contributed by atoms with Crippen LogP contribution in [-0.2, 0) is 6.18 Å². The lowest BCUT2D eigenvalue weighted by molar-refractivity contribution is -0.139. The maximum atomic E-state index is 13.4.